The molecule has 1 amide bonds. The predicted octanol–water partition coefficient (Wildman–Crippen LogP) is 2.64. The molecule has 4 nitrogen and oxygen atoms in total. The summed E-state index contributed by atoms with van der Waals surface area (Å²) in [7, 11) is 0. The Morgan fingerprint density at radius 1 is 1.16 bits per heavy atom. The molecule has 3 aliphatic heterocycles. The fraction of sp³-hybridized carbons (Fsp3) is 0.944. The van der Waals surface area contributed by atoms with Gasteiger partial charge in [-0.25, -0.2) is 0 Å². The zero-order valence-electron chi connectivity index (χ0n) is 15.0. The number of rotatable bonds is 6. The topological polar surface area (TPSA) is 35.6 Å². The van der Waals surface area contributed by atoms with Crippen molar-refractivity contribution in [1.82, 2.24) is 15.1 Å². The Bertz CT molecular complexity index is 459. The minimum atomic E-state index is -4.15. The summed E-state index contributed by atoms with van der Waals surface area (Å²) in [5, 5.41) is 3.59. The third kappa shape index (κ3) is 5.33. The van der Waals surface area contributed by atoms with E-state index < -0.39 is 12.7 Å². The summed E-state index contributed by atoms with van der Waals surface area (Å²) in [4.78, 5) is 15.9. The average Bonchev–Trinajstić information content (AvgIpc) is 3.12. The fourth-order valence-corrected chi connectivity index (χ4v) is 4.85. The van der Waals surface area contributed by atoms with Crippen molar-refractivity contribution >= 4 is 5.91 Å². The Kier molecular flexibility index (Phi) is 5.93. The molecule has 0 aromatic heterocycles. The average molecular weight is 361 g/mol. The number of fused-ring (bicyclic) bond motifs is 2. The molecule has 3 fully saturated rings. The van der Waals surface area contributed by atoms with Crippen LogP contribution in [0.15, 0.2) is 0 Å². The summed E-state index contributed by atoms with van der Waals surface area (Å²) in [6, 6.07) is 1.17. The molecule has 2 bridgehead atoms. The first-order valence-electron chi connectivity index (χ1n) is 9.65. The van der Waals surface area contributed by atoms with Crippen molar-refractivity contribution in [3.05, 3.63) is 0 Å². The number of likely N-dealkylation sites (tertiary alicyclic amines) is 1. The largest absolute Gasteiger partial charge is 0.401 e. The van der Waals surface area contributed by atoms with Crippen LogP contribution >= 0.6 is 0 Å². The van der Waals surface area contributed by atoms with Crippen molar-refractivity contribution in [3.8, 4) is 0 Å². The second-order valence-corrected chi connectivity index (χ2v) is 8.12. The molecule has 3 aliphatic rings. The lowest BCUT2D eigenvalue weighted by molar-refractivity contribution is -0.146. The number of hydrogen-bond acceptors (Lipinski definition) is 3. The SMILES string of the molecule is CCN(CC1CCN(C(=O)CC2CC3CCC(C2)N3)C1)CC(F)(F)F. The van der Waals surface area contributed by atoms with E-state index in [0.717, 1.165) is 19.3 Å². The van der Waals surface area contributed by atoms with Gasteiger partial charge in [0.2, 0.25) is 5.91 Å². The molecule has 3 atom stereocenters. The van der Waals surface area contributed by atoms with Crippen LogP contribution in [-0.4, -0.2) is 66.7 Å². The van der Waals surface area contributed by atoms with Crippen LogP contribution in [0, 0.1) is 11.8 Å². The lowest BCUT2D eigenvalue weighted by Crippen LogP contribution is -2.40. The van der Waals surface area contributed by atoms with Crippen LogP contribution < -0.4 is 5.32 Å². The van der Waals surface area contributed by atoms with Gasteiger partial charge in [0, 0.05) is 38.1 Å². The van der Waals surface area contributed by atoms with Gasteiger partial charge in [-0.1, -0.05) is 6.92 Å². The smallest absolute Gasteiger partial charge is 0.342 e. The maximum Gasteiger partial charge on any atom is 0.401 e. The minimum Gasteiger partial charge on any atom is -0.342 e. The molecule has 0 spiro atoms. The van der Waals surface area contributed by atoms with E-state index in [-0.39, 0.29) is 11.8 Å². The van der Waals surface area contributed by atoms with E-state index in [1.54, 1.807) is 6.92 Å². The van der Waals surface area contributed by atoms with Gasteiger partial charge in [0.15, 0.2) is 0 Å². The van der Waals surface area contributed by atoms with E-state index in [4.69, 9.17) is 0 Å². The van der Waals surface area contributed by atoms with Crippen molar-refractivity contribution in [1.29, 1.82) is 0 Å². The van der Waals surface area contributed by atoms with E-state index in [1.807, 2.05) is 4.90 Å². The van der Waals surface area contributed by atoms with Crippen LogP contribution in [0.25, 0.3) is 0 Å². The molecular formula is C18H30F3N3O. The van der Waals surface area contributed by atoms with Gasteiger partial charge in [-0.2, -0.15) is 13.2 Å². The maximum atomic E-state index is 12.6. The number of carbonyl (C=O) groups excluding carboxylic acids is 1. The second kappa shape index (κ2) is 7.82. The van der Waals surface area contributed by atoms with Crippen LogP contribution in [0.5, 0.6) is 0 Å². The molecule has 7 heteroatoms. The summed E-state index contributed by atoms with van der Waals surface area (Å²) in [6.45, 7) is 3.04. The number of piperidine rings is 1. The fourth-order valence-electron chi connectivity index (χ4n) is 4.85. The highest BCUT2D eigenvalue weighted by molar-refractivity contribution is 5.76. The van der Waals surface area contributed by atoms with E-state index in [9.17, 15) is 18.0 Å². The third-order valence-electron chi connectivity index (χ3n) is 6.04. The molecule has 3 saturated heterocycles. The van der Waals surface area contributed by atoms with Gasteiger partial charge in [0.05, 0.1) is 6.54 Å². The monoisotopic (exact) mass is 361 g/mol. The Labute approximate surface area is 148 Å². The summed E-state index contributed by atoms with van der Waals surface area (Å²) in [5.41, 5.74) is 0. The molecule has 3 rings (SSSR count). The van der Waals surface area contributed by atoms with E-state index in [0.29, 0.717) is 50.6 Å². The first-order chi connectivity index (χ1) is 11.8. The number of alkyl halides is 3. The molecule has 0 saturated carbocycles. The Morgan fingerprint density at radius 3 is 2.44 bits per heavy atom. The molecule has 0 aromatic rings. The van der Waals surface area contributed by atoms with E-state index in [1.165, 1.54) is 17.7 Å². The van der Waals surface area contributed by atoms with Gasteiger partial charge in [0.25, 0.3) is 0 Å². The lowest BCUT2D eigenvalue weighted by atomic mass is 9.89. The second-order valence-electron chi connectivity index (χ2n) is 8.12. The van der Waals surface area contributed by atoms with Crippen molar-refractivity contribution < 1.29 is 18.0 Å². The first-order valence-corrected chi connectivity index (χ1v) is 9.65. The van der Waals surface area contributed by atoms with Crippen LogP contribution in [-0.2, 0) is 4.79 Å². The summed E-state index contributed by atoms with van der Waals surface area (Å²) in [5.74, 6) is 0.839. The zero-order valence-corrected chi connectivity index (χ0v) is 15.0. The Balaban J connectivity index is 1.43. The van der Waals surface area contributed by atoms with Crippen LogP contribution in [0.1, 0.15) is 45.4 Å². The van der Waals surface area contributed by atoms with E-state index >= 15 is 0 Å². The van der Waals surface area contributed by atoms with Crippen molar-refractivity contribution in [2.75, 3.05) is 32.7 Å². The van der Waals surface area contributed by atoms with E-state index in [2.05, 4.69) is 5.32 Å². The number of hydrogen-bond donors (Lipinski definition) is 1. The molecule has 0 aliphatic carbocycles. The molecule has 25 heavy (non-hydrogen) atoms. The van der Waals surface area contributed by atoms with Crippen molar-refractivity contribution in [3.63, 3.8) is 0 Å². The first kappa shape index (κ1) is 19.0. The minimum absolute atomic E-state index is 0.162. The Morgan fingerprint density at radius 2 is 1.84 bits per heavy atom. The van der Waals surface area contributed by atoms with Crippen molar-refractivity contribution in [2.45, 2.75) is 63.7 Å². The van der Waals surface area contributed by atoms with Gasteiger partial charge in [-0.3, -0.25) is 9.69 Å². The molecule has 0 aromatic carbocycles. The summed E-state index contributed by atoms with van der Waals surface area (Å²) >= 11 is 0. The highest BCUT2D eigenvalue weighted by Gasteiger charge is 2.36. The Hall–Kier alpha value is -0.820. The van der Waals surface area contributed by atoms with Crippen LogP contribution in [0.4, 0.5) is 13.2 Å². The van der Waals surface area contributed by atoms with Gasteiger partial charge in [0.1, 0.15) is 0 Å². The highest BCUT2D eigenvalue weighted by Crippen LogP contribution is 2.33. The number of amides is 1. The molecule has 144 valence electrons. The van der Waals surface area contributed by atoms with Crippen LogP contribution in [0.3, 0.4) is 0 Å². The maximum absolute atomic E-state index is 12.6. The van der Waals surface area contributed by atoms with Crippen molar-refractivity contribution in [2.24, 2.45) is 11.8 Å². The molecule has 0 radical (unpaired) electrons. The van der Waals surface area contributed by atoms with Gasteiger partial charge >= 0.3 is 6.18 Å². The standard InChI is InChI=1S/C18H30F3N3O/c1-2-23(12-18(19,20)21)10-13-5-6-24(11-13)17(25)9-14-7-15-3-4-16(8-14)22-15/h13-16,22H,2-12H2,1H3. The zero-order chi connectivity index (χ0) is 18.0. The lowest BCUT2D eigenvalue weighted by Gasteiger charge is -2.30. The molecule has 3 heterocycles. The van der Waals surface area contributed by atoms with Crippen LogP contribution in [0.2, 0.25) is 0 Å². The quantitative estimate of drug-likeness (QED) is 0.790. The summed E-state index contributed by atoms with van der Waals surface area (Å²) in [6.07, 6.45) is 1.92. The number of nitrogens with one attached hydrogen (secondary N) is 1. The number of carbonyl (C=O) groups is 1. The molecule has 3 unspecified atom stereocenters. The van der Waals surface area contributed by atoms with Gasteiger partial charge in [-0.15, -0.1) is 0 Å². The number of halogens is 3. The summed E-state index contributed by atoms with van der Waals surface area (Å²) < 4.78 is 37.8. The van der Waals surface area contributed by atoms with Gasteiger partial charge in [-0.05, 0) is 50.5 Å². The third-order valence-corrected chi connectivity index (χ3v) is 6.04. The molecule has 1 N–H and O–H groups in total. The van der Waals surface area contributed by atoms with Gasteiger partial charge < -0.3 is 10.2 Å². The number of nitrogens with zero attached hydrogens (tertiary/aromatic N) is 2. The normalized spacial score (nSPS) is 32.6. The molecular weight excluding hydrogens is 331 g/mol. The predicted molar refractivity (Wildman–Crippen MR) is 90.1 cm³/mol. The highest BCUT2D eigenvalue weighted by atomic mass is 19.4.